The Bertz CT molecular complexity index is 475. The second kappa shape index (κ2) is 6.09. The van der Waals surface area contributed by atoms with Gasteiger partial charge < -0.3 is 4.90 Å². The number of thiazole rings is 1. The van der Waals surface area contributed by atoms with Gasteiger partial charge in [-0.1, -0.05) is 0 Å². The van der Waals surface area contributed by atoms with Gasteiger partial charge in [0.15, 0.2) is 0 Å². The van der Waals surface area contributed by atoms with E-state index in [0.29, 0.717) is 42.5 Å². The third-order valence-electron chi connectivity index (χ3n) is 3.23. The van der Waals surface area contributed by atoms with E-state index in [2.05, 4.69) is 4.98 Å². The second-order valence-electron chi connectivity index (χ2n) is 4.75. The highest BCUT2D eigenvalue weighted by Gasteiger charge is 2.33. The molecule has 1 saturated heterocycles. The Balaban J connectivity index is 1.93. The number of carbonyl (C=O) groups excluding carboxylic acids is 1. The maximum Gasteiger partial charge on any atom is 0.427 e. The molecule has 20 heavy (non-hydrogen) atoms. The first-order chi connectivity index (χ1) is 9.36. The van der Waals surface area contributed by atoms with Gasteiger partial charge in [-0.3, -0.25) is 9.69 Å². The zero-order valence-corrected chi connectivity index (χ0v) is 11.9. The average molecular weight is 307 g/mol. The Labute approximate surface area is 119 Å². The SMILES string of the molecule is CC(=O)N1CCCN(Cc2ncc(C(F)(F)F)s2)CC1. The van der Waals surface area contributed by atoms with Gasteiger partial charge in [0.2, 0.25) is 5.91 Å². The predicted octanol–water partition coefficient (Wildman–Crippen LogP) is 2.22. The molecule has 0 spiro atoms. The minimum absolute atomic E-state index is 0.0421. The van der Waals surface area contributed by atoms with Gasteiger partial charge in [-0.15, -0.1) is 11.3 Å². The van der Waals surface area contributed by atoms with Gasteiger partial charge in [-0.2, -0.15) is 13.2 Å². The van der Waals surface area contributed by atoms with Crippen LogP contribution in [-0.4, -0.2) is 46.9 Å². The summed E-state index contributed by atoms with van der Waals surface area (Å²) >= 11 is 0.689. The van der Waals surface area contributed by atoms with Gasteiger partial charge in [-0.25, -0.2) is 4.98 Å². The molecule has 2 heterocycles. The Kier molecular flexibility index (Phi) is 4.64. The lowest BCUT2D eigenvalue weighted by atomic mass is 10.4. The average Bonchev–Trinajstić information content (AvgIpc) is 2.68. The molecule has 2 rings (SSSR count). The summed E-state index contributed by atoms with van der Waals surface area (Å²) in [6, 6.07) is 0. The number of halogens is 3. The summed E-state index contributed by atoms with van der Waals surface area (Å²) in [5, 5.41) is 0.466. The summed E-state index contributed by atoms with van der Waals surface area (Å²) in [6.07, 6.45) is -2.60. The standard InChI is InChI=1S/C12H16F3N3OS/c1-9(19)18-4-2-3-17(5-6-18)8-11-16-7-10(20-11)12(13,14)15/h7H,2-6,8H2,1H3. The highest BCUT2D eigenvalue weighted by molar-refractivity contribution is 7.11. The van der Waals surface area contributed by atoms with E-state index in [4.69, 9.17) is 0 Å². The molecule has 1 aromatic rings. The molecule has 8 heteroatoms. The van der Waals surface area contributed by atoms with Crippen LogP contribution in [0.5, 0.6) is 0 Å². The molecular weight excluding hydrogens is 291 g/mol. The lowest BCUT2D eigenvalue weighted by Crippen LogP contribution is -2.33. The molecule has 0 N–H and O–H groups in total. The Morgan fingerprint density at radius 2 is 2.10 bits per heavy atom. The molecule has 0 bridgehead atoms. The molecule has 1 amide bonds. The minimum atomic E-state index is -4.32. The fraction of sp³-hybridized carbons (Fsp3) is 0.667. The number of rotatable bonds is 2. The third kappa shape index (κ3) is 3.92. The molecule has 0 aliphatic carbocycles. The highest BCUT2D eigenvalue weighted by Crippen LogP contribution is 2.33. The molecular formula is C12H16F3N3OS. The van der Waals surface area contributed by atoms with Crippen molar-refractivity contribution in [3.05, 3.63) is 16.1 Å². The quantitative estimate of drug-likeness (QED) is 0.840. The minimum Gasteiger partial charge on any atom is -0.342 e. The Morgan fingerprint density at radius 1 is 1.35 bits per heavy atom. The van der Waals surface area contributed by atoms with Gasteiger partial charge in [0, 0.05) is 33.1 Å². The maximum atomic E-state index is 12.5. The Hall–Kier alpha value is -1.15. The number of carbonyl (C=O) groups is 1. The van der Waals surface area contributed by atoms with E-state index in [1.54, 1.807) is 4.90 Å². The van der Waals surface area contributed by atoms with Crippen molar-refractivity contribution in [1.29, 1.82) is 0 Å². The van der Waals surface area contributed by atoms with E-state index in [1.807, 2.05) is 4.90 Å². The van der Waals surface area contributed by atoms with Crippen LogP contribution in [0.2, 0.25) is 0 Å². The highest BCUT2D eigenvalue weighted by atomic mass is 32.1. The van der Waals surface area contributed by atoms with Crippen LogP contribution in [0.15, 0.2) is 6.20 Å². The van der Waals surface area contributed by atoms with Crippen LogP contribution in [0.25, 0.3) is 0 Å². The molecule has 0 saturated carbocycles. The van der Waals surface area contributed by atoms with E-state index in [9.17, 15) is 18.0 Å². The molecule has 1 aliphatic rings. The van der Waals surface area contributed by atoms with Crippen LogP contribution < -0.4 is 0 Å². The summed E-state index contributed by atoms with van der Waals surface area (Å²) in [5.41, 5.74) is 0. The first kappa shape index (κ1) is 15.2. The van der Waals surface area contributed by atoms with Crippen LogP contribution in [0.4, 0.5) is 13.2 Å². The number of aromatic nitrogens is 1. The number of hydrogen-bond acceptors (Lipinski definition) is 4. The number of alkyl halides is 3. The largest absolute Gasteiger partial charge is 0.427 e. The summed E-state index contributed by atoms with van der Waals surface area (Å²) in [7, 11) is 0. The summed E-state index contributed by atoms with van der Waals surface area (Å²) < 4.78 is 37.5. The van der Waals surface area contributed by atoms with Gasteiger partial charge in [-0.05, 0) is 6.42 Å². The van der Waals surface area contributed by atoms with Crippen molar-refractivity contribution < 1.29 is 18.0 Å². The van der Waals surface area contributed by atoms with Crippen molar-refractivity contribution in [2.75, 3.05) is 26.2 Å². The fourth-order valence-electron chi connectivity index (χ4n) is 2.15. The second-order valence-corrected chi connectivity index (χ2v) is 5.87. The van der Waals surface area contributed by atoms with Crippen molar-refractivity contribution >= 4 is 17.2 Å². The zero-order valence-electron chi connectivity index (χ0n) is 11.1. The van der Waals surface area contributed by atoms with Gasteiger partial charge in [0.25, 0.3) is 0 Å². The first-order valence-corrected chi connectivity index (χ1v) is 7.17. The molecule has 0 unspecified atom stereocenters. The van der Waals surface area contributed by atoms with Crippen molar-refractivity contribution in [2.24, 2.45) is 0 Å². The third-order valence-corrected chi connectivity index (χ3v) is 4.25. The molecule has 112 valence electrons. The van der Waals surface area contributed by atoms with E-state index >= 15 is 0 Å². The molecule has 0 radical (unpaired) electrons. The molecule has 4 nitrogen and oxygen atoms in total. The van der Waals surface area contributed by atoms with E-state index < -0.39 is 11.1 Å². The lowest BCUT2D eigenvalue weighted by molar-refractivity contribution is -0.134. The van der Waals surface area contributed by atoms with Gasteiger partial charge >= 0.3 is 6.18 Å². The molecule has 1 fully saturated rings. The van der Waals surface area contributed by atoms with E-state index in [-0.39, 0.29) is 5.91 Å². The topological polar surface area (TPSA) is 36.4 Å². The number of nitrogens with zero attached hydrogens (tertiary/aromatic N) is 3. The van der Waals surface area contributed by atoms with Crippen LogP contribution in [-0.2, 0) is 17.5 Å². The van der Waals surface area contributed by atoms with Gasteiger partial charge in [0.1, 0.15) is 9.88 Å². The van der Waals surface area contributed by atoms with E-state index in [1.165, 1.54) is 6.92 Å². The van der Waals surface area contributed by atoms with Crippen LogP contribution in [0.1, 0.15) is 23.2 Å². The predicted molar refractivity (Wildman–Crippen MR) is 69.3 cm³/mol. The van der Waals surface area contributed by atoms with E-state index in [0.717, 1.165) is 19.2 Å². The smallest absolute Gasteiger partial charge is 0.342 e. The molecule has 0 aromatic carbocycles. The monoisotopic (exact) mass is 307 g/mol. The summed E-state index contributed by atoms with van der Waals surface area (Å²) in [5.74, 6) is 0.0421. The Morgan fingerprint density at radius 3 is 2.70 bits per heavy atom. The molecule has 1 aromatic heterocycles. The van der Waals surface area contributed by atoms with Crippen molar-refractivity contribution in [3.63, 3.8) is 0 Å². The van der Waals surface area contributed by atoms with Crippen LogP contribution in [0.3, 0.4) is 0 Å². The van der Waals surface area contributed by atoms with Gasteiger partial charge in [0.05, 0.1) is 12.7 Å². The van der Waals surface area contributed by atoms with Crippen molar-refractivity contribution in [3.8, 4) is 0 Å². The lowest BCUT2D eigenvalue weighted by Gasteiger charge is -2.20. The van der Waals surface area contributed by atoms with Crippen molar-refractivity contribution in [1.82, 2.24) is 14.8 Å². The first-order valence-electron chi connectivity index (χ1n) is 6.36. The zero-order chi connectivity index (χ0) is 14.8. The molecule has 1 aliphatic heterocycles. The number of amides is 1. The number of hydrogen-bond donors (Lipinski definition) is 0. The molecule has 0 atom stereocenters. The van der Waals surface area contributed by atoms with Crippen molar-refractivity contribution in [2.45, 2.75) is 26.1 Å². The maximum absolute atomic E-state index is 12.5. The normalized spacial score (nSPS) is 18.1. The van der Waals surface area contributed by atoms with Crippen LogP contribution >= 0.6 is 11.3 Å². The van der Waals surface area contributed by atoms with Crippen LogP contribution in [0, 0.1) is 0 Å². The fourth-order valence-corrected chi connectivity index (χ4v) is 2.98. The summed E-state index contributed by atoms with van der Waals surface area (Å²) in [6.45, 7) is 4.70. The summed E-state index contributed by atoms with van der Waals surface area (Å²) in [4.78, 5) is 18.3.